The summed E-state index contributed by atoms with van der Waals surface area (Å²) in [5.41, 5.74) is 2.32. The zero-order valence-electron chi connectivity index (χ0n) is 8.13. The Morgan fingerprint density at radius 1 is 1.38 bits per heavy atom. The highest BCUT2D eigenvalue weighted by molar-refractivity contribution is 5.48. The van der Waals surface area contributed by atoms with Crippen LogP contribution in [0.2, 0.25) is 0 Å². The van der Waals surface area contributed by atoms with Crippen molar-refractivity contribution in [3.63, 3.8) is 0 Å². The Morgan fingerprint density at radius 3 is 2.46 bits per heavy atom. The monoisotopic (exact) mass is 175 g/mol. The third kappa shape index (κ3) is 1.81. The van der Waals surface area contributed by atoms with Crippen molar-refractivity contribution in [2.24, 2.45) is 0 Å². The fraction of sp³-hybridized carbons (Fsp3) is 0.364. The van der Waals surface area contributed by atoms with Gasteiger partial charge in [0.25, 0.3) is 0 Å². The molecule has 0 amide bonds. The fourth-order valence-corrected chi connectivity index (χ4v) is 1.29. The van der Waals surface area contributed by atoms with Crippen LogP contribution in [-0.2, 0) is 0 Å². The van der Waals surface area contributed by atoms with Gasteiger partial charge in [-0.2, -0.15) is 5.26 Å². The van der Waals surface area contributed by atoms with Crippen LogP contribution in [0.1, 0.15) is 36.5 Å². The second-order valence-electron chi connectivity index (χ2n) is 3.49. The number of hydrogen-bond acceptors (Lipinski definition) is 2. The Balaban J connectivity index is 3.35. The van der Waals surface area contributed by atoms with Crippen molar-refractivity contribution >= 4 is 0 Å². The molecular weight excluding hydrogens is 162 g/mol. The third-order valence-electron chi connectivity index (χ3n) is 2.11. The Morgan fingerprint density at radius 2 is 2.00 bits per heavy atom. The Kier molecular flexibility index (Phi) is 2.57. The van der Waals surface area contributed by atoms with Gasteiger partial charge in [0, 0.05) is 0 Å². The van der Waals surface area contributed by atoms with Crippen molar-refractivity contribution in [3.8, 4) is 11.8 Å². The molecule has 0 spiro atoms. The van der Waals surface area contributed by atoms with E-state index in [-0.39, 0.29) is 11.7 Å². The van der Waals surface area contributed by atoms with E-state index in [0.29, 0.717) is 5.56 Å². The summed E-state index contributed by atoms with van der Waals surface area (Å²) in [6.07, 6.45) is 0. The molecule has 1 rings (SSSR count). The maximum atomic E-state index is 9.46. The number of nitriles is 1. The van der Waals surface area contributed by atoms with Crippen molar-refractivity contribution in [1.29, 1.82) is 5.26 Å². The maximum absolute atomic E-state index is 9.46. The summed E-state index contributed by atoms with van der Waals surface area (Å²) in [7, 11) is 0. The first-order valence-corrected chi connectivity index (χ1v) is 4.30. The normalized spacial score (nSPS) is 10.1. The van der Waals surface area contributed by atoms with Gasteiger partial charge in [0.2, 0.25) is 0 Å². The first-order valence-electron chi connectivity index (χ1n) is 4.30. The molecule has 0 radical (unpaired) electrons. The Labute approximate surface area is 78.4 Å². The number of rotatable bonds is 1. The molecule has 0 fully saturated rings. The number of aryl methyl sites for hydroxylation is 1. The summed E-state index contributed by atoms with van der Waals surface area (Å²) in [4.78, 5) is 0. The van der Waals surface area contributed by atoms with Crippen LogP contribution in [0, 0.1) is 18.3 Å². The smallest absolute Gasteiger partial charge is 0.118 e. The van der Waals surface area contributed by atoms with Gasteiger partial charge in [-0.05, 0) is 36.1 Å². The summed E-state index contributed by atoms with van der Waals surface area (Å²) in [6, 6.07) is 5.54. The zero-order valence-corrected chi connectivity index (χ0v) is 8.13. The van der Waals surface area contributed by atoms with Crippen LogP contribution in [0.4, 0.5) is 0 Å². The van der Waals surface area contributed by atoms with Gasteiger partial charge >= 0.3 is 0 Å². The number of nitrogens with zero attached hydrogens (tertiary/aromatic N) is 1. The van der Waals surface area contributed by atoms with E-state index in [1.807, 2.05) is 13.8 Å². The molecule has 0 atom stereocenters. The standard InChI is InChI=1S/C11H13NO/c1-7(2)10-5-11(13)8(3)4-9(10)6-12/h4-5,7,13H,1-3H3. The van der Waals surface area contributed by atoms with E-state index in [1.54, 1.807) is 19.1 Å². The summed E-state index contributed by atoms with van der Waals surface area (Å²) in [5.74, 6) is 0.531. The highest BCUT2D eigenvalue weighted by atomic mass is 16.3. The fourth-order valence-electron chi connectivity index (χ4n) is 1.29. The number of hydrogen-bond donors (Lipinski definition) is 1. The lowest BCUT2D eigenvalue weighted by Gasteiger charge is -2.09. The minimum absolute atomic E-state index is 0.265. The van der Waals surface area contributed by atoms with E-state index in [0.717, 1.165) is 11.1 Å². The highest BCUT2D eigenvalue weighted by Gasteiger charge is 2.09. The molecule has 0 saturated carbocycles. The van der Waals surface area contributed by atoms with Crippen LogP contribution in [0.5, 0.6) is 5.75 Å². The van der Waals surface area contributed by atoms with Crippen molar-refractivity contribution in [2.75, 3.05) is 0 Å². The molecule has 0 aromatic heterocycles. The van der Waals surface area contributed by atoms with E-state index < -0.39 is 0 Å². The Hall–Kier alpha value is -1.49. The number of benzene rings is 1. The molecule has 0 aliphatic heterocycles. The molecule has 0 saturated heterocycles. The van der Waals surface area contributed by atoms with Crippen molar-refractivity contribution in [1.82, 2.24) is 0 Å². The molecule has 13 heavy (non-hydrogen) atoms. The van der Waals surface area contributed by atoms with E-state index in [9.17, 15) is 5.11 Å². The van der Waals surface area contributed by atoms with Gasteiger partial charge < -0.3 is 5.11 Å². The minimum atomic E-state index is 0.265. The van der Waals surface area contributed by atoms with Crippen LogP contribution >= 0.6 is 0 Å². The van der Waals surface area contributed by atoms with Gasteiger partial charge in [-0.25, -0.2) is 0 Å². The predicted molar refractivity (Wildman–Crippen MR) is 51.6 cm³/mol. The molecule has 0 aliphatic rings. The predicted octanol–water partition coefficient (Wildman–Crippen LogP) is 2.70. The van der Waals surface area contributed by atoms with Crippen LogP contribution in [0.15, 0.2) is 12.1 Å². The largest absolute Gasteiger partial charge is 0.508 e. The maximum Gasteiger partial charge on any atom is 0.118 e. The molecule has 68 valence electrons. The summed E-state index contributed by atoms with van der Waals surface area (Å²) < 4.78 is 0. The van der Waals surface area contributed by atoms with Gasteiger partial charge in [-0.15, -0.1) is 0 Å². The SMILES string of the molecule is Cc1cc(C#N)c(C(C)C)cc1O. The first kappa shape index (κ1) is 9.60. The lowest BCUT2D eigenvalue weighted by Crippen LogP contribution is -1.93. The van der Waals surface area contributed by atoms with Crippen molar-refractivity contribution in [3.05, 3.63) is 28.8 Å². The average Bonchev–Trinajstić information content (AvgIpc) is 2.08. The van der Waals surface area contributed by atoms with Crippen LogP contribution < -0.4 is 0 Å². The lowest BCUT2D eigenvalue weighted by molar-refractivity contribution is 0.470. The molecular formula is C11H13NO. The van der Waals surface area contributed by atoms with Gasteiger partial charge in [0.05, 0.1) is 11.6 Å². The summed E-state index contributed by atoms with van der Waals surface area (Å²) in [6.45, 7) is 5.80. The summed E-state index contributed by atoms with van der Waals surface area (Å²) >= 11 is 0. The molecule has 0 bridgehead atoms. The molecule has 1 aromatic carbocycles. The average molecular weight is 175 g/mol. The van der Waals surface area contributed by atoms with Crippen molar-refractivity contribution < 1.29 is 5.11 Å². The van der Waals surface area contributed by atoms with Gasteiger partial charge in [-0.1, -0.05) is 13.8 Å². The number of aromatic hydroxyl groups is 1. The number of phenols is 1. The molecule has 0 unspecified atom stereocenters. The molecule has 1 N–H and O–H groups in total. The van der Waals surface area contributed by atoms with E-state index in [4.69, 9.17) is 5.26 Å². The second kappa shape index (κ2) is 3.49. The third-order valence-corrected chi connectivity index (χ3v) is 2.11. The molecule has 0 aliphatic carbocycles. The molecule has 2 nitrogen and oxygen atoms in total. The van der Waals surface area contributed by atoms with E-state index in [1.165, 1.54) is 0 Å². The first-order chi connectivity index (χ1) is 6.06. The van der Waals surface area contributed by atoms with Crippen LogP contribution in [0.3, 0.4) is 0 Å². The molecule has 0 heterocycles. The zero-order chi connectivity index (χ0) is 10.0. The van der Waals surface area contributed by atoms with E-state index in [2.05, 4.69) is 6.07 Å². The lowest BCUT2D eigenvalue weighted by atomic mass is 9.96. The molecule has 2 heteroatoms. The van der Waals surface area contributed by atoms with Crippen molar-refractivity contribution in [2.45, 2.75) is 26.7 Å². The Bertz CT molecular complexity index is 361. The van der Waals surface area contributed by atoms with Gasteiger partial charge in [0.15, 0.2) is 0 Å². The highest BCUT2D eigenvalue weighted by Crippen LogP contribution is 2.26. The summed E-state index contributed by atoms with van der Waals surface area (Å²) in [5, 5.41) is 18.3. The van der Waals surface area contributed by atoms with Crippen LogP contribution in [0.25, 0.3) is 0 Å². The molecule has 1 aromatic rings. The number of phenolic OH excluding ortho intramolecular Hbond substituents is 1. The quantitative estimate of drug-likeness (QED) is 0.713. The topological polar surface area (TPSA) is 44.0 Å². The van der Waals surface area contributed by atoms with Crippen LogP contribution in [-0.4, -0.2) is 5.11 Å². The van der Waals surface area contributed by atoms with Gasteiger partial charge in [-0.3, -0.25) is 0 Å². The van der Waals surface area contributed by atoms with E-state index >= 15 is 0 Å². The van der Waals surface area contributed by atoms with Gasteiger partial charge in [0.1, 0.15) is 5.75 Å². The minimum Gasteiger partial charge on any atom is -0.508 e. The second-order valence-corrected chi connectivity index (χ2v) is 3.49.